The molecule has 0 bridgehead atoms. The van der Waals surface area contributed by atoms with Crippen molar-refractivity contribution in [3.63, 3.8) is 0 Å². The van der Waals surface area contributed by atoms with Crippen LogP contribution >= 0.6 is 11.6 Å². The van der Waals surface area contributed by atoms with Crippen molar-refractivity contribution in [3.05, 3.63) is 52.7 Å². The molecule has 1 N–H and O–H groups in total. The van der Waals surface area contributed by atoms with Crippen molar-refractivity contribution in [3.8, 4) is 6.07 Å². The van der Waals surface area contributed by atoms with Crippen LogP contribution in [-0.4, -0.2) is 42.6 Å². The van der Waals surface area contributed by atoms with Gasteiger partial charge in [0.2, 0.25) is 0 Å². The third-order valence-corrected chi connectivity index (χ3v) is 4.77. The molecular weight excluding hydrogens is 334 g/mol. The molecule has 0 spiro atoms. The van der Waals surface area contributed by atoms with Gasteiger partial charge < -0.3 is 15.1 Å². The Hall–Kier alpha value is -2.29. The van der Waals surface area contributed by atoms with Crippen LogP contribution in [0, 0.1) is 11.3 Å². The van der Waals surface area contributed by atoms with Crippen molar-refractivity contribution in [2.75, 3.05) is 42.9 Å². The number of benzene rings is 1. The van der Waals surface area contributed by atoms with Gasteiger partial charge in [-0.2, -0.15) is 5.26 Å². The van der Waals surface area contributed by atoms with E-state index in [2.05, 4.69) is 45.2 Å². The van der Waals surface area contributed by atoms with E-state index >= 15 is 0 Å². The molecule has 130 valence electrons. The summed E-state index contributed by atoms with van der Waals surface area (Å²) in [6, 6.07) is 11.6. The van der Waals surface area contributed by atoms with Gasteiger partial charge in [-0.25, -0.2) is 4.98 Å². The summed E-state index contributed by atoms with van der Waals surface area (Å²) >= 11 is 5.93. The number of nitriles is 1. The summed E-state index contributed by atoms with van der Waals surface area (Å²) in [5.41, 5.74) is 2.41. The first-order chi connectivity index (χ1) is 12.2. The maximum atomic E-state index is 9.19. The van der Waals surface area contributed by atoms with Crippen LogP contribution in [0.1, 0.15) is 18.1 Å². The Kier molecular flexibility index (Phi) is 5.75. The summed E-state index contributed by atoms with van der Waals surface area (Å²) in [7, 11) is 0. The van der Waals surface area contributed by atoms with Crippen molar-refractivity contribution < 1.29 is 0 Å². The lowest BCUT2D eigenvalue weighted by Crippen LogP contribution is -2.46. The zero-order valence-electron chi connectivity index (χ0n) is 14.4. The van der Waals surface area contributed by atoms with E-state index in [0.717, 1.165) is 49.8 Å². The van der Waals surface area contributed by atoms with Gasteiger partial charge in [0, 0.05) is 43.9 Å². The first kappa shape index (κ1) is 17.5. The van der Waals surface area contributed by atoms with Crippen LogP contribution in [0.2, 0.25) is 5.02 Å². The molecule has 0 saturated carbocycles. The highest BCUT2D eigenvalue weighted by Crippen LogP contribution is 2.21. The summed E-state index contributed by atoms with van der Waals surface area (Å²) < 4.78 is 0. The fourth-order valence-electron chi connectivity index (χ4n) is 2.96. The standard InChI is InChI=1S/C19H22ClN5/c1-2-24-7-9-25(10-8-24)19-6-3-15(14-23-19)13-22-18-5-4-17(20)11-16(18)12-21/h3-6,11,14,22H,2,7-10,13H2,1H3. The van der Waals surface area contributed by atoms with Crippen molar-refractivity contribution in [1.82, 2.24) is 9.88 Å². The highest BCUT2D eigenvalue weighted by molar-refractivity contribution is 6.30. The van der Waals surface area contributed by atoms with Gasteiger partial charge in [0.25, 0.3) is 0 Å². The molecule has 0 aliphatic carbocycles. The first-order valence-electron chi connectivity index (χ1n) is 8.55. The minimum atomic E-state index is 0.547. The van der Waals surface area contributed by atoms with Crippen LogP contribution < -0.4 is 10.2 Å². The number of pyridine rings is 1. The van der Waals surface area contributed by atoms with E-state index in [1.165, 1.54) is 0 Å². The predicted octanol–water partition coefficient (Wildman–Crippen LogP) is 3.36. The van der Waals surface area contributed by atoms with Crippen molar-refractivity contribution in [2.45, 2.75) is 13.5 Å². The summed E-state index contributed by atoms with van der Waals surface area (Å²) in [5.74, 6) is 1.03. The average Bonchev–Trinajstić information content (AvgIpc) is 2.67. The van der Waals surface area contributed by atoms with E-state index < -0.39 is 0 Å². The summed E-state index contributed by atoms with van der Waals surface area (Å²) in [6.07, 6.45) is 1.90. The number of rotatable bonds is 5. The highest BCUT2D eigenvalue weighted by atomic mass is 35.5. The number of nitrogens with zero attached hydrogens (tertiary/aromatic N) is 4. The van der Waals surface area contributed by atoms with Crippen molar-refractivity contribution >= 4 is 23.1 Å². The van der Waals surface area contributed by atoms with E-state index in [9.17, 15) is 5.26 Å². The van der Waals surface area contributed by atoms with Crippen molar-refractivity contribution in [2.24, 2.45) is 0 Å². The maximum absolute atomic E-state index is 9.19. The predicted molar refractivity (Wildman–Crippen MR) is 102 cm³/mol. The van der Waals surface area contributed by atoms with E-state index in [1.807, 2.05) is 12.3 Å². The lowest BCUT2D eigenvalue weighted by Gasteiger charge is -2.34. The fourth-order valence-corrected chi connectivity index (χ4v) is 3.13. The minimum absolute atomic E-state index is 0.547. The normalized spacial score (nSPS) is 15.0. The zero-order valence-corrected chi connectivity index (χ0v) is 15.1. The first-order valence-corrected chi connectivity index (χ1v) is 8.93. The molecule has 0 radical (unpaired) electrons. The Morgan fingerprint density at radius 2 is 2.00 bits per heavy atom. The summed E-state index contributed by atoms with van der Waals surface area (Å²) in [5, 5.41) is 13.0. The number of hydrogen-bond donors (Lipinski definition) is 1. The van der Waals surface area contributed by atoms with Gasteiger partial charge in [-0.3, -0.25) is 0 Å². The van der Waals surface area contributed by atoms with Crippen LogP contribution in [0.4, 0.5) is 11.5 Å². The molecule has 2 aromatic rings. The molecule has 1 aliphatic rings. The van der Waals surface area contributed by atoms with Gasteiger partial charge in [-0.15, -0.1) is 0 Å². The van der Waals surface area contributed by atoms with Gasteiger partial charge in [-0.1, -0.05) is 24.6 Å². The second-order valence-corrected chi connectivity index (χ2v) is 6.54. The van der Waals surface area contributed by atoms with E-state index in [4.69, 9.17) is 11.6 Å². The Bertz CT molecular complexity index is 745. The maximum Gasteiger partial charge on any atom is 0.128 e. The molecule has 0 unspecified atom stereocenters. The Balaban J connectivity index is 1.59. The topological polar surface area (TPSA) is 55.2 Å². The van der Waals surface area contributed by atoms with E-state index in [1.54, 1.807) is 12.1 Å². The van der Waals surface area contributed by atoms with Gasteiger partial charge in [-0.05, 0) is 36.4 Å². The van der Waals surface area contributed by atoms with E-state index in [0.29, 0.717) is 17.1 Å². The van der Waals surface area contributed by atoms with Crippen LogP contribution in [0.15, 0.2) is 36.5 Å². The molecule has 1 saturated heterocycles. The molecule has 1 aromatic carbocycles. The van der Waals surface area contributed by atoms with Crippen molar-refractivity contribution in [1.29, 1.82) is 5.26 Å². The lowest BCUT2D eigenvalue weighted by molar-refractivity contribution is 0.270. The third kappa shape index (κ3) is 4.41. The Morgan fingerprint density at radius 1 is 1.20 bits per heavy atom. The molecule has 0 atom stereocenters. The number of halogens is 1. The van der Waals surface area contributed by atoms with Gasteiger partial charge in [0.05, 0.1) is 11.3 Å². The highest BCUT2D eigenvalue weighted by Gasteiger charge is 2.16. The second-order valence-electron chi connectivity index (χ2n) is 6.10. The lowest BCUT2D eigenvalue weighted by atomic mass is 10.2. The molecule has 1 fully saturated rings. The summed E-state index contributed by atoms with van der Waals surface area (Å²) in [6.45, 7) is 8.16. The average molecular weight is 356 g/mol. The minimum Gasteiger partial charge on any atom is -0.380 e. The number of anilines is 2. The largest absolute Gasteiger partial charge is 0.380 e. The van der Waals surface area contributed by atoms with Crippen LogP contribution in [0.5, 0.6) is 0 Å². The number of likely N-dealkylation sites (N-methyl/N-ethyl adjacent to an activating group) is 1. The van der Waals surface area contributed by atoms with Gasteiger partial charge in [0.15, 0.2) is 0 Å². The SMILES string of the molecule is CCN1CCN(c2ccc(CNc3ccc(Cl)cc3C#N)cn2)CC1. The van der Waals surface area contributed by atoms with Crippen LogP contribution in [0.25, 0.3) is 0 Å². The Labute approximate surface area is 153 Å². The van der Waals surface area contributed by atoms with Gasteiger partial charge in [0.1, 0.15) is 11.9 Å². The number of nitrogens with one attached hydrogen (secondary N) is 1. The van der Waals surface area contributed by atoms with Gasteiger partial charge >= 0.3 is 0 Å². The van der Waals surface area contributed by atoms with Crippen LogP contribution in [-0.2, 0) is 6.54 Å². The second kappa shape index (κ2) is 8.19. The molecule has 5 nitrogen and oxygen atoms in total. The fraction of sp³-hybridized carbons (Fsp3) is 0.368. The molecule has 3 rings (SSSR count). The molecule has 1 aliphatic heterocycles. The molecule has 0 amide bonds. The molecule has 2 heterocycles. The Morgan fingerprint density at radius 3 is 2.64 bits per heavy atom. The number of piperazine rings is 1. The third-order valence-electron chi connectivity index (χ3n) is 4.54. The van der Waals surface area contributed by atoms with E-state index in [-0.39, 0.29) is 0 Å². The number of hydrogen-bond acceptors (Lipinski definition) is 5. The molecule has 25 heavy (non-hydrogen) atoms. The smallest absolute Gasteiger partial charge is 0.128 e. The quantitative estimate of drug-likeness (QED) is 0.891. The molecule has 1 aromatic heterocycles. The monoisotopic (exact) mass is 355 g/mol. The number of aromatic nitrogens is 1. The molecular formula is C19H22ClN5. The zero-order chi connectivity index (χ0) is 17.6. The molecule has 6 heteroatoms. The van der Waals surface area contributed by atoms with Crippen LogP contribution in [0.3, 0.4) is 0 Å². The summed E-state index contributed by atoms with van der Waals surface area (Å²) in [4.78, 5) is 9.39.